The molecule has 0 spiro atoms. The van der Waals surface area contributed by atoms with Crippen molar-refractivity contribution in [3.8, 4) is 17.1 Å². The number of nitrogens with zero attached hydrogens (tertiary/aromatic N) is 3. The van der Waals surface area contributed by atoms with Crippen LogP contribution in [0.2, 0.25) is 0 Å². The molecule has 0 unspecified atom stereocenters. The zero-order valence-electron chi connectivity index (χ0n) is 17.4. The topological polar surface area (TPSA) is 80.5 Å². The molecule has 0 aliphatic carbocycles. The summed E-state index contributed by atoms with van der Waals surface area (Å²) in [7, 11) is 1.60. The van der Waals surface area contributed by atoms with E-state index in [0.29, 0.717) is 23.8 Å². The van der Waals surface area contributed by atoms with Crippen molar-refractivity contribution in [2.45, 2.75) is 32.1 Å². The summed E-state index contributed by atoms with van der Waals surface area (Å²) in [6.07, 6.45) is 3.84. The van der Waals surface area contributed by atoms with Crippen LogP contribution in [0.15, 0.2) is 47.0 Å². The molecule has 162 valence electrons. The Morgan fingerprint density at radius 2 is 1.94 bits per heavy atom. The number of ether oxygens (including phenoxy) is 1. The lowest BCUT2D eigenvalue weighted by atomic mass is 10.1. The fraction of sp³-hybridized carbons (Fsp3) is 0.348. The lowest BCUT2D eigenvalue weighted by Crippen LogP contribution is -2.30. The van der Waals surface area contributed by atoms with E-state index >= 15 is 0 Å². The number of aromatic nitrogens is 2. The van der Waals surface area contributed by atoms with Gasteiger partial charge in [-0.15, -0.1) is 0 Å². The summed E-state index contributed by atoms with van der Waals surface area (Å²) in [5.74, 6) is 0.961. The molecular weight excluding hydrogens is 399 g/mol. The van der Waals surface area contributed by atoms with E-state index in [-0.39, 0.29) is 18.1 Å². The predicted molar refractivity (Wildman–Crippen MR) is 116 cm³/mol. The highest BCUT2D eigenvalue weighted by Crippen LogP contribution is 2.29. The van der Waals surface area contributed by atoms with Gasteiger partial charge in [0.1, 0.15) is 11.6 Å². The second-order valence-corrected chi connectivity index (χ2v) is 7.50. The minimum Gasteiger partial charge on any atom is -0.497 e. The number of aryl methyl sites for hydroxylation is 1. The van der Waals surface area contributed by atoms with Gasteiger partial charge in [-0.3, -0.25) is 4.79 Å². The molecule has 0 bridgehead atoms. The molecule has 1 amide bonds. The Balaban J connectivity index is 1.37. The van der Waals surface area contributed by atoms with Crippen molar-refractivity contribution in [3.63, 3.8) is 0 Å². The number of carbonyl (C=O) groups excluding carboxylic acids is 1. The van der Waals surface area contributed by atoms with E-state index in [9.17, 15) is 9.18 Å². The monoisotopic (exact) mass is 424 g/mol. The molecule has 1 saturated heterocycles. The van der Waals surface area contributed by atoms with Crippen LogP contribution in [0.3, 0.4) is 0 Å². The van der Waals surface area contributed by atoms with Gasteiger partial charge in [0, 0.05) is 31.5 Å². The lowest BCUT2D eigenvalue weighted by Gasteiger charge is -2.30. The number of amides is 1. The molecule has 3 aromatic rings. The van der Waals surface area contributed by atoms with Crippen LogP contribution in [0, 0.1) is 5.82 Å². The van der Waals surface area contributed by atoms with Crippen molar-refractivity contribution in [3.05, 3.63) is 54.2 Å². The average molecular weight is 424 g/mol. The number of hydrogen-bond acceptors (Lipinski definition) is 6. The molecule has 0 radical (unpaired) electrons. The Morgan fingerprint density at radius 1 is 1.16 bits per heavy atom. The molecule has 1 aliphatic rings. The highest BCUT2D eigenvalue weighted by atomic mass is 19.1. The van der Waals surface area contributed by atoms with Gasteiger partial charge in [0.25, 0.3) is 0 Å². The van der Waals surface area contributed by atoms with Crippen LogP contribution in [0.25, 0.3) is 11.4 Å². The largest absolute Gasteiger partial charge is 0.497 e. The summed E-state index contributed by atoms with van der Waals surface area (Å²) < 4.78 is 24.2. The van der Waals surface area contributed by atoms with E-state index < -0.39 is 0 Å². The average Bonchev–Trinajstić information content (AvgIpc) is 3.28. The first-order valence-electron chi connectivity index (χ1n) is 10.4. The second kappa shape index (κ2) is 9.59. The van der Waals surface area contributed by atoms with Crippen LogP contribution in [-0.4, -0.2) is 36.2 Å². The first kappa shape index (κ1) is 20.8. The molecule has 1 aromatic heterocycles. The van der Waals surface area contributed by atoms with Gasteiger partial charge in [0.2, 0.25) is 17.6 Å². The van der Waals surface area contributed by atoms with E-state index in [1.165, 1.54) is 18.6 Å². The number of anilines is 2. The van der Waals surface area contributed by atoms with Crippen molar-refractivity contribution >= 4 is 17.3 Å². The molecule has 1 fully saturated rings. The standard InChI is InChI=1S/C23H25FN4O3/c1-30-18-8-5-16(6-9-18)23-26-22(31-27-23)12-11-21(29)25-19-15-17(24)7-10-20(19)28-13-3-2-4-14-28/h5-10,15H,2-4,11-14H2,1H3,(H,25,29). The third-order valence-corrected chi connectivity index (χ3v) is 5.31. The van der Waals surface area contributed by atoms with Gasteiger partial charge < -0.3 is 19.5 Å². The van der Waals surface area contributed by atoms with E-state index in [0.717, 1.165) is 42.9 Å². The predicted octanol–water partition coefficient (Wildman–Crippen LogP) is 4.45. The van der Waals surface area contributed by atoms with Crippen molar-refractivity contribution < 1.29 is 18.4 Å². The Kier molecular flexibility index (Phi) is 6.45. The van der Waals surface area contributed by atoms with E-state index in [1.54, 1.807) is 13.2 Å². The Bertz CT molecular complexity index is 1030. The Labute approximate surface area is 180 Å². The maximum atomic E-state index is 13.8. The third kappa shape index (κ3) is 5.20. The van der Waals surface area contributed by atoms with Gasteiger partial charge in [-0.2, -0.15) is 4.98 Å². The van der Waals surface area contributed by atoms with Gasteiger partial charge in [0.15, 0.2) is 0 Å². The normalized spacial score (nSPS) is 13.8. The summed E-state index contributed by atoms with van der Waals surface area (Å²) in [5, 5.41) is 6.82. The molecule has 8 heteroatoms. The smallest absolute Gasteiger partial charge is 0.227 e. The summed E-state index contributed by atoms with van der Waals surface area (Å²) in [6.45, 7) is 1.81. The highest BCUT2D eigenvalue weighted by molar-refractivity contribution is 5.94. The highest BCUT2D eigenvalue weighted by Gasteiger charge is 2.17. The molecule has 4 rings (SSSR count). The SMILES string of the molecule is COc1ccc(-c2noc(CCC(=O)Nc3cc(F)ccc3N3CCCCC3)n2)cc1. The molecule has 2 aromatic carbocycles. The fourth-order valence-electron chi connectivity index (χ4n) is 3.67. The van der Waals surface area contributed by atoms with Gasteiger partial charge in [-0.1, -0.05) is 5.16 Å². The van der Waals surface area contributed by atoms with Crippen LogP contribution in [0.4, 0.5) is 15.8 Å². The van der Waals surface area contributed by atoms with E-state index in [4.69, 9.17) is 9.26 Å². The first-order chi connectivity index (χ1) is 15.1. The maximum absolute atomic E-state index is 13.8. The maximum Gasteiger partial charge on any atom is 0.227 e. The third-order valence-electron chi connectivity index (χ3n) is 5.31. The summed E-state index contributed by atoms with van der Waals surface area (Å²) in [4.78, 5) is 19.1. The molecule has 31 heavy (non-hydrogen) atoms. The molecule has 1 aliphatic heterocycles. The number of hydrogen-bond donors (Lipinski definition) is 1. The number of nitrogens with one attached hydrogen (secondary N) is 1. The molecule has 0 atom stereocenters. The van der Waals surface area contributed by atoms with Crippen molar-refractivity contribution in [2.75, 3.05) is 30.4 Å². The summed E-state index contributed by atoms with van der Waals surface area (Å²) in [5.41, 5.74) is 2.15. The van der Waals surface area contributed by atoms with Crippen LogP contribution >= 0.6 is 0 Å². The minimum absolute atomic E-state index is 0.153. The molecule has 7 nitrogen and oxygen atoms in total. The van der Waals surface area contributed by atoms with Gasteiger partial charge >= 0.3 is 0 Å². The van der Waals surface area contributed by atoms with Crippen LogP contribution < -0.4 is 15.0 Å². The minimum atomic E-state index is -0.378. The van der Waals surface area contributed by atoms with Crippen LogP contribution in [-0.2, 0) is 11.2 Å². The Hall–Kier alpha value is -3.42. The lowest BCUT2D eigenvalue weighted by molar-refractivity contribution is -0.116. The zero-order chi connectivity index (χ0) is 21.6. The first-order valence-corrected chi connectivity index (χ1v) is 10.4. The zero-order valence-corrected chi connectivity index (χ0v) is 17.4. The van der Waals surface area contributed by atoms with Gasteiger partial charge in [0.05, 0.1) is 18.5 Å². The number of piperidine rings is 1. The van der Waals surface area contributed by atoms with Crippen LogP contribution in [0.1, 0.15) is 31.6 Å². The van der Waals surface area contributed by atoms with Crippen LogP contribution in [0.5, 0.6) is 5.75 Å². The number of methoxy groups -OCH3 is 1. The van der Waals surface area contributed by atoms with Gasteiger partial charge in [-0.05, 0) is 61.7 Å². The number of rotatable bonds is 7. The molecule has 1 N–H and O–H groups in total. The molecule has 0 saturated carbocycles. The number of carbonyl (C=O) groups is 1. The summed E-state index contributed by atoms with van der Waals surface area (Å²) in [6, 6.07) is 11.8. The van der Waals surface area contributed by atoms with Gasteiger partial charge in [-0.25, -0.2) is 4.39 Å². The molecular formula is C23H25FN4O3. The number of benzene rings is 2. The van der Waals surface area contributed by atoms with Crippen molar-refractivity contribution in [2.24, 2.45) is 0 Å². The van der Waals surface area contributed by atoms with E-state index in [2.05, 4.69) is 20.4 Å². The Morgan fingerprint density at radius 3 is 2.68 bits per heavy atom. The van der Waals surface area contributed by atoms with Crippen molar-refractivity contribution in [1.29, 1.82) is 0 Å². The quantitative estimate of drug-likeness (QED) is 0.604. The van der Waals surface area contributed by atoms with E-state index in [1.807, 2.05) is 24.3 Å². The number of halogens is 1. The fourth-order valence-corrected chi connectivity index (χ4v) is 3.67. The molecule has 2 heterocycles. The van der Waals surface area contributed by atoms with Crippen molar-refractivity contribution in [1.82, 2.24) is 10.1 Å². The summed E-state index contributed by atoms with van der Waals surface area (Å²) >= 11 is 0. The second-order valence-electron chi connectivity index (χ2n) is 7.50.